The summed E-state index contributed by atoms with van der Waals surface area (Å²) in [6, 6.07) is 0.00612. The number of Topliss-reactive ketones (excluding diaryl/α,β-unsaturated/α-hetero) is 1. The number of carbonyl (C=O) groups is 1. The molecule has 0 spiro atoms. The normalized spacial score (nSPS) is 18.4. The fraction of sp³-hybridized carbons (Fsp3) is 0.875. The Morgan fingerprint density at radius 3 is 2.04 bits per heavy atom. The molecule has 0 aromatic heterocycles. The Morgan fingerprint density at radius 1 is 0.926 bits per heavy atom. The first-order valence-electron chi connectivity index (χ1n) is 11.8. The fourth-order valence-electron chi connectivity index (χ4n) is 3.90. The number of carbonyl (C=O) groups excluding carboxylic acids is 1. The summed E-state index contributed by atoms with van der Waals surface area (Å²) < 4.78 is 0. The summed E-state index contributed by atoms with van der Waals surface area (Å²) >= 11 is 0. The van der Waals surface area contributed by atoms with E-state index in [2.05, 4.69) is 24.4 Å². The van der Waals surface area contributed by atoms with Crippen LogP contribution in [-0.4, -0.2) is 29.6 Å². The van der Waals surface area contributed by atoms with Crippen LogP contribution in [-0.2, 0) is 4.79 Å². The minimum absolute atomic E-state index is 0.00612. The van der Waals surface area contributed by atoms with E-state index in [0.29, 0.717) is 6.42 Å². The van der Waals surface area contributed by atoms with Gasteiger partial charge in [-0.3, -0.25) is 4.79 Å². The number of aliphatic hydroxyl groups excluding tert-OH is 1. The van der Waals surface area contributed by atoms with E-state index in [-0.39, 0.29) is 11.8 Å². The van der Waals surface area contributed by atoms with Crippen LogP contribution in [0.25, 0.3) is 0 Å². The van der Waals surface area contributed by atoms with Gasteiger partial charge in [0.1, 0.15) is 6.10 Å². The van der Waals surface area contributed by atoms with Gasteiger partial charge in [-0.1, -0.05) is 76.9 Å². The maximum Gasteiger partial charge on any atom is 0.162 e. The van der Waals surface area contributed by atoms with Gasteiger partial charge in [0.2, 0.25) is 0 Å². The Morgan fingerprint density at radius 2 is 1.48 bits per heavy atom. The third-order valence-electron chi connectivity index (χ3n) is 5.74. The van der Waals surface area contributed by atoms with E-state index in [4.69, 9.17) is 0 Å². The highest BCUT2D eigenvalue weighted by Crippen LogP contribution is 2.14. The van der Waals surface area contributed by atoms with Gasteiger partial charge in [0.15, 0.2) is 5.78 Å². The average Bonchev–Trinajstić information content (AvgIpc) is 3.21. The molecule has 1 heterocycles. The van der Waals surface area contributed by atoms with Crippen LogP contribution in [0.3, 0.4) is 0 Å². The SMILES string of the molecule is CCCCCCCCC=CCCCCCCCCC(=O)C(O)[C@@H]1CCCN1. The zero-order valence-electron chi connectivity index (χ0n) is 17.9. The summed E-state index contributed by atoms with van der Waals surface area (Å²) in [6.07, 6.45) is 24.4. The van der Waals surface area contributed by atoms with Crippen molar-refractivity contribution in [3.63, 3.8) is 0 Å². The lowest BCUT2D eigenvalue weighted by Crippen LogP contribution is -2.40. The smallest absolute Gasteiger partial charge is 0.162 e. The van der Waals surface area contributed by atoms with E-state index in [1.165, 1.54) is 77.0 Å². The number of hydrogen-bond acceptors (Lipinski definition) is 3. The van der Waals surface area contributed by atoms with Gasteiger partial charge >= 0.3 is 0 Å². The molecular formula is C24H45NO2. The first-order chi connectivity index (χ1) is 13.3. The third-order valence-corrected chi connectivity index (χ3v) is 5.74. The molecule has 0 aromatic carbocycles. The molecular weight excluding hydrogens is 334 g/mol. The molecule has 0 saturated carbocycles. The first-order valence-corrected chi connectivity index (χ1v) is 11.8. The molecule has 3 nitrogen and oxygen atoms in total. The van der Waals surface area contributed by atoms with Gasteiger partial charge in [0, 0.05) is 12.5 Å². The van der Waals surface area contributed by atoms with Gasteiger partial charge in [0.25, 0.3) is 0 Å². The standard InChI is InChI=1S/C24H45NO2/c1-2-3-4-5-6-7-8-9-10-11-12-13-14-15-16-17-20-23(26)24(27)22-19-18-21-25-22/h9-10,22,24-25,27H,2-8,11-21H2,1H3/t22-,24?/m0/s1. The Balaban J connectivity index is 1.81. The predicted octanol–water partition coefficient (Wildman–Crippen LogP) is 6.10. The van der Waals surface area contributed by atoms with Crippen molar-refractivity contribution >= 4 is 5.78 Å². The van der Waals surface area contributed by atoms with Crippen LogP contribution in [0.4, 0.5) is 0 Å². The van der Waals surface area contributed by atoms with Crippen molar-refractivity contribution in [2.45, 2.75) is 128 Å². The maximum absolute atomic E-state index is 12.0. The Kier molecular flexibility index (Phi) is 15.7. The van der Waals surface area contributed by atoms with Gasteiger partial charge in [-0.15, -0.1) is 0 Å². The van der Waals surface area contributed by atoms with Crippen molar-refractivity contribution in [3.8, 4) is 0 Å². The molecule has 1 saturated heterocycles. The molecule has 0 bridgehead atoms. The summed E-state index contributed by atoms with van der Waals surface area (Å²) in [5.41, 5.74) is 0. The molecule has 0 radical (unpaired) electrons. The molecule has 1 rings (SSSR count). The van der Waals surface area contributed by atoms with Crippen molar-refractivity contribution in [3.05, 3.63) is 12.2 Å². The van der Waals surface area contributed by atoms with E-state index in [1.54, 1.807) is 0 Å². The molecule has 1 unspecified atom stereocenters. The molecule has 0 amide bonds. The zero-order valence-corrected chi connectivity index (χ0v) is 17.9. The van der Waals surface area contributed by atoms with E-state index >= 15 is 0 Å². The second kappa shape index (κ2) is 17.4. The molecule has 2 atom stereocenters. The van der Waals surface area contributed by atoms with Crippen molar-refractivity contribution in [2.24, 2.45) is 0 Å². The molecule has 1 fully saturated rings. The lowest BCUT2D eigenvalue weighted by molar-refractivity contribution is -0.128. The number of ketones is 1. The fourth-order valence-corrected chi connectivity index (χ4v) is 3.90. The minimum atomic E-state index is -0.782. The Bertz CT molecular complexity index is 375. The highest BCUT2D eigenvalue weighted by atomic mass is 16.3. The van der Waals surface area contributed by atoms with Crippen LogP contribution in [0.1, 0.15) is 116 Å². The third kappa shape index (κ3) is 13.2. The molecule has 0 aromatic rings. The highest BCUT2D eigenvalue weighted by Gasteiger charge is 2.27. The van der Waals surface area contributed by atoms with E-state index in [1.807, 2.05) is 0 Å². The van der Waals surface area contributed by atoms with E-state index in [0.717, 1.165) is 32.2 Å². The monoisotopic (exact) mass is 379 g/mol. The van der Waals surface area contributed by atoms with Gasteiger partial charge in [0.05, 0.1) is 0 Å². The maximum atomic E-state index is 12.0. The summed E-state index contributed by atoms with van der Waals surface area (Å²) in [5, 5.41) is 13.2. The summed E-state index contributed by atoms with van der Waals surface area (Å²) in [4.78, 5) is 12.0. The second-order valence-electron chi connectivity index (χ2n) is 8.30. The lowest BCUT2D eigenvalue weighted by Gasteiger charge is -2.16. The van der Waals surface area contributed by atoms with Crippen LogP contribution < -0.4 is 5.32 Å². The quantitative estimate of drug-likeness (QED) is 0.223. The average molecular weight is 380 g/mol. The van der Waals surface area contributed by atoms with Crippen molar-refractivity contribution < 1.29 is 9.90 Å². The molecule has 2 N–H and O–H groups in total. The molecule has 0 aliphatic carbocycles. The number of aliphatic hydroxyl groups is 1. The summed E-state index contributed by atoms with van der Waals surface area (Å²) in [6.45, 7) is 3.20. The number of rotatable bonds is 18. The van der Waals surface area contributed by atoms with Crippen molar-refractivity contribution in [2.75, 3.05) is 6.54 Å². The van der Waals surface area contributed by atoms with Crippen LogP contribution in [0.2, 0.25) is 0 Å². The topological polar surface area (TPSA) is 49.3 Å². The second-order valence-corrected chi connectivity index (χ2v) is 8.30. The van der Waals surface area contributed by atoms with E-state index in [9.17, 15) is 9.90 Å². The molecule has 3 heteroatoms. The van der Waals surface area contributed by atoms with Crippen LogP contribution in [0.15, 0.2) is 12.2 Å². The number of hydrogen-bond donors (Lipinski definition) is 2. The number of allylic oxidation sites excluding steroid dienone is 2. The molecule has 27 heavy (non-hydrogen) atoms. The van der Waals surface area contributed by atoms with Crippen molar-refractivity contribution in [1.29, 1.82) is 0 Å². The predicted molar refractivity (Wildman–Crippen MR) is 116 cm³/mol. The Hall–Kier alpha value is -0.670. The van der Waals surface area contributed by atoms with Gasteiger partial charge in [-0.25, -0.2) is 0 Å². The summed E-state index contributed by atoms with van der Waals surface area (Å²) in [5.74, 6) is 0.0323. The van der Waals surface area contributed by atoms with Gasteiger partial charge in [-0.05, 0) is 51.5 Å². The van der Waals surface area contributed by atoms with Crippen LogP contribution in [0, 0.1) is 0 Å². The first kappa shape index (κ1) is 24.4. The molecule has 1 aliphatic rings. The lowest BCUT2D eigenvalue weighted by atomic mass is 10.00. The van der Waals surface area contributed by atoms with Gasteiger partial charge < -0.3 is 10.4 Å². The van der Waals surface area contributed by atoms with Crippen molar-refractivity contribution in [1.82, 2.24) is 5.32 Å². The van der Waals surface area contributed by atoms with E-state index < -0.39 is 6.10 Å². The molecule has 1 aliphatic heterocycles. The van der Waals surface area contributed by atoms with Crippen LogP contribution in [0.5, 0.6) is 0 Å². The number of nitrogens with one attached hydrogen (secondary N) is 1. The minimum Gasteiger partial charge on any atom is -0.384 e. The highest BCUT2D eigenvalue weighted by molar-refractivity contribution is 5.83. The van der Waals surface area contributed by atoms with Crippen LogP contribution >= 0.6 is 0 Å². The summed E-state index contributed by atoms with van der Waals surface area (Å²) in [7, 11) is 0. The largest absolute Gasteiger partial charge is 0.384 e. The Labute approximate surface area is 168 Å². The zero-order chi connectivity index (χ0) is 19.6. The molecule has 158 valence electrons. The van der Waals surface area contributed by atoms with Gasteiger partial charge in [-0.2, -0.15) is 0 Å². The number of unbranched alkanes of at least 4 members (excludes halogenated alkanes) is 12.